The third-order valence-electron chi connectivity index (χ3n) is 4.15. The van der Waals surface area contributed by atoms with Gasteiger partial charge in [-0.05, 0) is 38.2 Å². The van der Waals surface area contributed by atoms with E-state index in [1.54, 1.807) is 49.2 Å². The number of likely N-dealkylation sites (N-methyl/N-ethyl adjacent to an activating group) is 1. The predicted octanol–water partition coefficient (Wildman–Crippen LogP) is 3.67. The van der Waals surface area contributed by atoms with E-state index in [9.17, 15) is 9.18 Å². The Morgan fingerprint density at radius 1 is 1.32 bits per heavy atom. The summed E-state index contributed by atoms with van der Waals surface area (Å²) >= 11 is 6.05. The number of nitrogens with zero attached hydrogens (tertiary/aromatic N) is 1. The van der Waals surface area contributed by atoms with E-state index >= 15 is 0 Å². The lowest BCUT2D eigenvalue weighted by Crippen LogP contribution is -2.39. The first kappa shape index (κ1) is 17.5. The van der Waals surface area contributed by atoms with Crippen LogP contribution in [0.25, 0.3) is 0 Å². The number of nitrogens with one attached hydrogen (secondary N) is 1. The van der Waals surface area contributed by atoms with Crippen molar-refractivity contribution in [2.75, 3.05) is 19.2 Å². The summed E-state index contributed by atoms with van der Waals surface area (Å²) in [6, 6.07) is 9.24. The van der Waals surface area contributed by atoms with Crippen LogP contribution >= 0.6 is 11.6 Å². The Hall–Kier alpha value is -2.31. The molecule has 2 aromatic carbocycles. The maximum Gasteiger partial charge on any atom is 0.241 e. The van der Waals surface area contributed by atoms with Gasteiger partial charge in [0.05, 0.1) is 6.04 Å². The first-order chi connectivity index (χ1) is 12.0. The Morgan fingerprint density at radius 3 is 2.84 bits per heavy atom. The molecule has 0 unspecified atom stereocenters. The molecule has 2 aromatic rings. The van der Waals surface area contributed by atoms with Crippen molar-refractivity contribution in [2.24, 2.45) is 0 Å². The molecule has 0 saturated carbocycles. The molecule has 1 N–H and O–H groups in total. The monoisotopic (exact) mass is 364 g/mol. The van der Waals surface area contributed by atoms with Gasteiger partial charge in [-0.15, -0.1) is 0 Å². The standard InChI is InChI=1S/C18H18ClFN2O3/c1-11(22(2)9-13-14(19)4-3-5-15(13)20)18(23)21-12-6-7-16-17(8-12)25-10-24-16/h3-8,11H,9-10H2,1-2H3,(H,21,23)/t11-/m0/s1. The van der Waals surface area contributed by atoms with Gasteiger partial charge in [0.2, 0.25) is 12.7 Å². The van der Waals surface area contributed by atoms with Crippen molar-refractivity contribution in [1.82, 2.24) is 4.90 Å². The molecule has 1 aliphatic heterocycles. The molecule has 1 amide bonds. The maximum atomic E-state index is 13.9. The number of carbonyl (C=O) groups excluding carboxylic acids is 1. The molecule has 0 aromatic heterocycles. The fraction of sp³-hybridized carbons (Fsp3) is 0.278. The average Bonchev–Trinajstić information content (AvgIpc) is 3.05. The van der Waals surface area contributed by atoms with Gasteiger partial charge < -0.3 is 14.8 Å². The van der Waals surface area contributed by atoms with Crippen molar-refractivity contribution in [2.45, 2.75) is 19.5 Å². The van der Waals surface area contributed by atoms with Gasteiger partial charge in [-0.25, -0.2) is 4.39 Å². The normalized spacial score (nSPS) is 13.8. The topological polar surface area (TPSA) is 50.8 Å². The lowest BCUT2D eigenvalue weighted by Gasteiger charge is -2.24. The second-order valence-electron chi connectivity index (χ2n) is 5.85. The van der Waals surface area contributed by atoms with Crippen molar-refractivity contribution in [3.05, 3.63) is 52.8 Å². The summed E-state index contributed by atoms with van der Waals surface area (Å²) < 4.78 is 24.4. The van der Waals surface area contributed by atoms with Crippen LogP contribution in [0.5, 0.6) is 11.5 Å². The Morgan fingerprint density at radius 2 is 2.08 bits per heavy atom. The van der Waals surface area contributed by atoms with Gasteiger partial charge in [-0.2, -0.15) is 0 Å². The van der Waals surface area contributed by atoms with Gasteiger partial charge in [0.25, 0.3) is 0 Å². The van der Waals surface area contributed by atoms with Crippen molar-refractivity contribution >= 4 is 23.2 Å². The van der Waals surface area contributed by atoms with Crippen molar-refractivity contribution in [3.8, 4) is 11.5 Å². The minimum atomic E-state index is -0.485. The van der Waals surface area contributed by atoms with Crippen molar-refractivity contribution < 1.29 is 18.7 Å². The molecule has 132 valence electrons. The van der Waals surface area contributed by atoms with Crippen LogP contribution in [0, 0.1) is 5.82 Å². The highest BCUT2D eigenvalue weighted by Gasteiger charge is 2.21. The van der Waals surface area contributed by atoms with Gasteiger partial charge in [0, 0.05) is 28.9 Å². The highest BCUT2D eigenvalue weighted by atomic mass is 35.5. The van der Waals surface area contributed by atoms with Crippen molar-refractivity contribution in [3.63, 3.8) is 0 Å². The zero-order chi connectivity index (χ0) is 18.0. The number of ether oxygens (including phenoxy) is 2. The highest BCUT2D eigenvalue weighted by molar-refractivity contribution is 6.31. The fourth-order valence-electron chi connectivity index (χ4n) is 2.49. The summed E-state index contributed by atoms with van der Waals surface area (Å²) in [5, 5.41) is 3.17. The lowest BCUT2D eigenvalue weighted by molar-refractivity contribution is -0.120. The molecule has 25 heavy (non-hydrogen) atoms. The van der Waals surface area contributed by atoms with Crippen LogP contribution in [0.3, 0.4) is 0 Å². The molecule has 5 nitrogen and oxygen atoms in total. The number of benzene rings is 2. The Labute approximate surface area is 150 Å². The minimum absolute atomic E-state index is 0.176. The molecule has 0 spiro atoms. The highest BCUT2D eigenvalue weighted by Crippen LogP contribution is 2.34. The van der Waals surface area contributed by atoms with Crippen LogP contribution in [-0.4, -0.2) is 30.7 Å². The molecule has 1 aliphatic rings. The van der Waals surface area contributed by atoms with Gasteiger partial charge in [0.15, 0.2) is 11.5 Å². The molecule has 1 atom stereocenters. The molecular weight excluding hydrogens is 347 g/mol. The zero-order valence-electron chi connectivity index (χ0n) is 13.9. The SMILES string of the molecule is C[C@@H](C(=O)Nc1ccc2c(c1)OCO2)N(C)Cc1c(F)cccc1Cl. The number of fused-ring (bicyclic) bond motifs is 1. The number of hydrogen-bond acceptors (Lipinski definition) is 4. The number of anilines is 1. The van der Waals surface area contributed by atoms with E-state index in [0.717, 1.165) is 0 Å². The fourth-order valence-corrected chi connectivity index (χ4v) is 2.71. The number of hydrogen-bond donors (Lipinski definition) is 1. The van der Waals surface area contributed by atoms with Crippen molar-refractivity contribution in [1.29, 1.82) is 0 Å². The number of amides is 1. The summed E-state index contributed by atoms with van der Waals surface area (Å²) in [4.78, 5) is 14.2. The van der Waals surface area contributed by atoms with Crippen LogP contribution in [0.2, 0.25) is 5.02 Å². The molecule has 3 rings (SSSR count). The number of halogens is 2. The van der Waals surface area contributed by atoms with E-state index in [2.05, 4.69) is 5.32 Å². The average molecular weight is 365 g/mol. The molecule has 0 radical (unpaired) electrons. The second-order valence-corrected chi connectivity index (χ2v) is 6.26. The molecule has 1 heterocycles. The van der Waals surface area contributed by atoms with E-state index in [4.69, 9.17) is 21.1 Å². The van der Waals surface area contributed by atoms with Gasteiger partial charge in [-0.1, -0.05) is 17.7 Å². The molecule has 0 bridgehead atoms. The number of rotatable bonds is 5. The van der Waals surface area contributed by atoms with Crippen LogP contribution in [0.1, 0.15) is 12.5 Å². The summed E-state index contributed by atoms with van der Waals surface area (Å²) in [7, 11) is 1.74. The Balaban J connectivity index is 1.65. The Bertz CT molecular complexity index is 780. The van der Waals surface area contributed by atoms with E-state index < -0.39 is 6.04 Å². The van der Waals surface area contributed by atoms with E-state index in [0.29, 0.717) is 27.8 Å². The molecule has 0 aliphatic carbocycles. The summed E-state index contributed by atoms with van der Waals surface area (Å²) in [5.74, 6) is 0.644. The molecular formula is C18H18ClFN2O3. The third kappa shape index (κ3) is 3.86. The Kier molecular flexibility index (Phi) is 5.11. The van der Waals surface area contributed by atoms with E-state index in [1.165, 1.54) is 6.07 Å². The second kappa shape index (κ2) is 7.29. The van der Waals surface area contributed by atoms with Crippen LogP contribution in [-0.2, 0) is 11.3 Å². The molecule has 0 saturated heterocycles. The van der Waals surface area contributed by atoms with E-state index in [1.807, 2.05) is 0 Å². The molecule has 0 fully saturated rings. The first-order valence-corrected chi connectivity index (χ1v) is 8.17. The summed E-state index contributed by atoms with van der Waals surface area (Å²) in [5.41, 5.74) is 0.979. The number of carbonyl (C=O) groups is 1. The summed E-state index contributed by atoms with van der Waals surface area (Å²) in [6.07, 6.45) is 0. The van der Waals surface area contributed by atoms with Gasteiger partial charge >= 0.3 is 0 Å². The summed E-state index contributed by atoms with van der Waals surface area (Å²) in [6.45, 7) is 2.15. The maximum absolute atomic E-state index is 13.9. The zero-order valence-corrected chi connectivity index (χ0v) is 14.6. The van der Waals surface area contributed by atoms with E-state index in [-0.39, 0.29) is 25.1 Å². The van der Waals surface area contributed by atoms with Crippen LogP contribution < -0.4 is 14.8 Å². The lowest BCUT2D eigenvalue weighted by atomic mass is 10.1. The predicted molar refractivity (Wildman–Crippen MR) is 93.5 cm³/mol. The minimum Gasteiger partial charge on any atom is -0.454 e. The van der Waals surface area contributed by atoms with Gasteiger partial charge in [-0.3, -0.25) is 9.69 Å². The third-order valence-corrected chi connectivity index (χ3v) is 4.50. The van der Waals surface area contributed by atoms with Crippen LogP contribution in [0.4, 0.5) is 10.1 Å². The smallest absolute Gasteiger partial charge is 0.241 e. The largest absolute Gasteiger partial charge is 0.454 e. The quantitative estimate of drug-likeness (QED) is 0.879. The van der Waals surface area contributed by atoms with Gasteiger partial charge in [0.1, 0.15) is 5.82 Å². The molecule has 7 heteroatoms. The first-order valence-electron chi connectivity index (χ1n) is 7.79. The van der Waals surface area contributed by atoms with Crippen LogP contribution in [0.15, 0.2) is 36.4 Å².